The molecule has 1 aromatic rings. The van der Waals surface area contributed by atoms with Crippen molar-refractivity contribution in [2.45, 2.75) is 31.3 Å². The average Bonchev–Trinajstić information content (AvgIpc) is 2.96. The van der Waals surface area contributed by atoms with Gasteiger partial charge in [0.05, 0.1) is 0 Å². The highest BCUT2D eigenvalue weighted by Crippen LogP contribution is 2.32. The summed E-state index contributed by atoms with van der Waals surface area (Å²) in [7, 11) is 0. The summed E-state index contributed by atoms with van der Waals surface area (Å²) in [6, 6.07) is 3.17. The standard InChI is InChI=1S/C11H13ClN4S/c12-10-9(6-13)17-11(15-10)14-7-3-5-16-4-1-2-8(7)16/h7-8H,1-5H2,(H,14,15). The van der Waals surface area contributed by atoms with Crippen molar-refractivity contribution in [2.75, 3.05) is 18.4 Å². The molecular weight excluding hydrogens is 256 g/mol. The first-order valence-electron chi connectivity index (χ1n) is 5.85. The van der Waals surface area contributed by atoms with Gasteiger partial charge in [0, 0.05) is 18.6 Å². The van der Waals surface area contributed by atoms with E-state index in [1.165, 1.54) is 37.3 Å². The van der Waals surface area contributed by atoms with Crippen molar-refractivity contribution in [3.05, 3.63) is 10.0 Å². The second kappa shape index (κ2) is 4.45. The topological polar surface area (TPSA) is 52.0 Å². The Morgan fingerprint density at radius 3 is 3.12 bits per heavy atom. The van der Waals surface area contributed by atoms with Crippen LogP contribution in [0.15, 0.2) is 0 Å². The summed E-state index contributed by atoms with van der Waals surface area (Å²) in [5.74, 6) is 0. The minimum Gasteiger partial charge on any atom is -0.357 e. The van der Waals surface area contributed by atoms with Crippen LogP contribution in [0, 0.1) is 11.3 Å². The van der Waals surface area contributed by atoms with Gasteiger partial charge in [-0.25, -0.2) is 4.98 Å². The SMILES string of the molecule is N#Cc1sc(NC2CCN3CCCC23)nc1Cl. The number of fused-ring (bicyclic) bond motifs is 1. The molecular formula is C11H13ClN4S. The highest BCUT2D eigenvalue weighted by atomic mass is 35.5. The molecule has 3 rings (SSSR count). The third kappa shape index (κ3) is 2.01. The van der Waals surface area contributed by atoms with Crippen molar-refractivity contribution in [3.63, 3.8) is 0 Å². The van der Waals surface area contributed by atoms with Gasteiger partial charge in [0.2, 0.25) is 0 Å². The molecule has 90 valence electrons. The number of hydrogen-bond acceptors (Lipinski definition) is 5. The molecule has 4 nitrogen and oxygen atoms in total. The lowest BCUT2D eigenvalue weighted by atomic mass is 10.1. The van der Waals surface area contributed by atoms with Crippen LogP contribution in [-0.2, 0) is 0 Å². The molecule has 2 unspecified atom stereocenters. The van der Waals surface area contributed by atoms with Crippen LogP contribution >= 0.6 is 22.9 Å². The maximum Gasteiger partial charge on any atom is 0.185 e. The summed E-state index contributed by atoms with van der Waals surface area (Å²) in [6.45, 7) is 2.40. The van der Waals surface area contributed by atoms with Crippen LogP contribution in [0.25, 0.3) is 0 Å². The number of aromatic nitrogens is 1. The molecule has 1 aromatic heterocycles. The fraction of sp³-hybridized carbons (Fsp3) is 0.636. The maximum atomic E-state index is 8.84. The number of nitrogens with zero attached hydrogens (tertiary/aromatic N) is 3. The molecule has 2 aliphatic heterocycles. The lowest BCUT2D eigenvalue weighted by molar-refractivity contribution is 0.318. The monoisotopic (exact) mass is 268 g/mol. The lowest BCUT2D eigenvalue weighted by Gasteiger charge is -2.20. The van der Waals surface area contributed by atoms with Crippen LogP contribution in [0.3, 0.4) is 0 Å². The highest BCUT2D eigenvalue weighted by molar-refractivity contribution is 7.16. The summed E-state index contributed by atoms with van der Waals surface area (Å²) >= 11 is 7.21. The molecule has 0 bridgehead atoms. The summed E-state index contributed by atoms with van der Waals surface area (Å²) in [5, 5.41) is 13.4. The van der Waals surface area contributed by atoms with Gasteiger partial charge in [0.25, 0.3) is 0 Å². The third-order valence-electron chi connectivity index (χ3n) is 3.60. The Labute approximate surface area is 109 Å². The molecule has 3 heterocycles. The predicted octanol–water partition coefficient (Wildman–Crippen LogP) is 2.32. The minimum atomic E-state index is 0.321. The molecule has 0 radical (unpaired) electrons. The largest absolute Gasteiger partial charge is 0.357 e. The Morgan fingerprint density at radius 1 is 1.47 bits per heavy atom. The lowest BCUT2D eigenvalue weighted by Crippen LogP contribution is -2.33. The Morgan fingerprint density at radius 2 is 2.35 bits per heavy atom. The van der Waals surface area contributed by atoms with Gasteiger partial charge in [-0.3, -0.25) is 4.90 Å². The van der Waals surface area contributed by atoms with E-state index in [2.05, 4.69) is 21.3 Å². The van der Waals surface area contributed by atoms with Crippen molar-refractivity contribution in [1.82, 2.24) is 9.88 Å². The summed E-state index contributed by atoms with van der Waals surface area (Å²) in [6.07, 6.45) is 3.72. The molecule has 0 spiro atoms. The van der Waals surface area contributed by atoms with E-state index in [-0.39, 0.29) is 0 Å². The van der Waals surface area contributed by atoms with Crippen LogP contribution in [0.5, 0.6) is 0 Å². The zero-order valence-corrected chi connectivity index (χ0v) is 10.9. The van der Waals surface area contributed by atoms with Gasteiger partial charge >= 0.3 is 0 Å². The number of anilines is 1. The van der Waals surface area contributed by atoms with E-state index in [1.807, 2.05) is 0 Å². The Kier molecular flexibility index (Phi) is 2.95. The smallest absolute Gasteiger partial charge is 0.185 e. The molecule has 0 amide bonds. The van der Waals surface area contributed by atoms with Gasteiger partial charge in [0.15, 0.2) is 10.3 Å². The first kappa shape index (κ1) is 11.3. The molecule has 2 saturated heterocycles. The Bertz CT molecular complexity index is 467. The molecule has 0 aliphatic carbocycles. The van der Waals surface area contributed by atoms with E-state index in [1.54, 1.807) is 0 Å². The zero-order chi connectivity index (χ0) is 11.8. The highest BCUT2D eigenvalue weighted by Gasteiger charge is 2.37. The second-order valence-corrected chi connectivity index (χ2v) is 5.89. The average molecular weight is 269 g/mol. The van der Waals surface area contributed by atoms with Crippen LogP contribution in [0.2, 0.25) is 5.15 Å². The van der Waals surface area contributed by atoms with Gasteiger partial charge in [-0.15, -0.1) is 0 Å². The molecule has 0 aromatic carbocycles. The van der Waals surface area contributed by atoms with Gasteiger partial charge in [-0.05, 0) is 25.8 Å². The molecule has 17 heavy (non-hydrogen) atoms. The second-order valence-electron chi connectivity index (χ2n) is 4.54. The van der Waals surface area contributed by atoms with E-state index in [0.717, 1.165) is 11.6 Å². The van der Waals surface area contributed by atoms with Crippen LogP contribution < -0.4 is 5.32 Å². The molecule has 2 atom stereocenters. The van der Waals surface area contributed by atoms with E-state index >= 15 is 0 Å². The first-order chi connectivity index (χ1) is 8.28. The fourth-order valence-electron chi connectivity index (χ4n) is 2.84. The first-order valence-corrected chi connectivity index (χ1v) is 7.04. The summed E-state index contributed by atoms with van der Waals surface area (Å²) in [5.41, 5.74) is 0. The van der Waals surface area contributed by atoms with E-state index in [0.29, 0.717) is 22.1 Å². The Balaban J connectivity index is 1.72. The number of nitriles is 1. The van der Waals surface area contributed by atoms with Crippen molar-refractivity contribution in [2.24, 2.45) is 0 Å². The van der Waals surface area contributed by atoms with Gasteiger partial charge in [-0.2, -0.15) is 5.26 Å². The van der Waals surface area contributed by atoms with Crippen molar-refractivity contribution in [3.8, 4) is 6.07 Å². The number of rotatable bonds is 2. The number of hydrogen-bond donors (Lipinski definition) is 1. The molecule has 6 heteroatoms. The number of nitrogens with one attached hydrogen (secondary N) is 1. The van der Waals surface area contributed by atoms with E-state index in [4.69, 9.17) is 16.9 Å². The van der Waals surface area contributed by atoms with E-state index in [9.17, 15) is 0 Å². The molecule has 0 saturated carbocycles. The Hall–Kier alpha value is -0.830. The van der Waals surface area contributed by atoms with Crippen LogP contribution in [0.4, 0.5) is 5.13 Å². The van der Waals surface area contributed by atoms with Gasteiger partial charge < -0.3 is 5.32 Å². The predicted molar refractivity (Wildman–Crippen MR) is 68.5 cm³/mol. The normalized spacial score (nSPS) is 28.0. The fourth-order valence-corrected chi connectivity index (χ4v) is 3.85. The summed E-state index contributed by atoms with van der Waals surface area (Å²) < 4.78 is 0. The molecule has 1 N–H and O–H groups in total. The van der Waals surface area contributed by atoms with Crippen LogP contribution in [0.1, 0.15) is 24.1 Å². The van der Waals surface area contributed by atoms with Crippen molar-refractivity contribution in [1.29, 1.82) is 5.26 Å². The van der Waals surface area contributed by atoms with E-state index < -0.39 is 0 Å². The zero-order valence-electron chi connectivity index (χ0n) is 9.32. The molecule has 2 aliphatic rings. The minimum absolute atomic E-state index is 0.321. The van der Waals surface area contributed by atoms with Gasteiger partial charge in [-0.1, -0.05) is 22.9 Å². The quantitative estimate of drug-likeness (QED) is 0.894. The summed E-state index contributed by atoms with van der Waals surface area (Å²) in [4.78, 5) is 7.23. The maximum absolute atomic E-state index is 8.84. The van der Waals surface area contributed by atoms with Crippen LogP contribution in [-0.4, -0.2) is 35.1 Å². The van der Waals surface area contributed by atoms with Crippen molar-refractivity contribution >= 4 is 28.1 Å². The number of halogens is 1. The van der Waals surface area contributed by atoms with Gasteiger partial charge in [0.1, 0.15) is 10.9 Å². The number of thiazole rings is 1. The van der Waals surface area contributed by atoms with Crippen molar-refractivity contribution < 1.29 is 0 Å². The third-order valence-corrected chi connectivity index (χ3v) is 4.88. The molecule has 2 fully saturated rings.